The summed E-state index contributed by atoms with van der Waals surface area (Å²) in [5, 5.41) is 8.26. The van der Waals surface area contributed by atoms with E-state index in [0.29, 0.717) is 47.5 Å². The summed E-state index contributed by atoms with van der Waals surface area (Å²) in [6, 6.07) is 11.9. The van der Waals surface area contributed by atoms with E-state index < -0.39 is 11.7 Å². The van der Waals surface area contributed by atoms with E-state index in [9.17, 15) is 9.18 Å². The molecule has 0 aliphatic carbocycles. The van der Waals surface area contributed by atoms with Gasteiger partial charge in [-0.25, -0.2) is 19.3 Å². The first kappa shape index (κ1) is 28.8. The van der Waals surface area contributed by atoms with Gasteiger partial charge in [0.1, 0.15) is 5.82 Å². The molecule has 41 heavy (non-hydrogen) atoms. The normalized spacial score (nSPS) is 18.9. The Morgan fingerprint density at radius 2 is 1.95 bits per heavy atom. The van der Waals surface area contributed by atoms with Crippen LogP contribution in [0.2, 0.25) is 0 Å². The Labute approximate surface area is 242 Å². The first-order chi connectivity index (χ1) is 19.8. The van der Waals surface area contributed by atoms with Crippen LogP contribution in [0.4, 0.5) is 10.3 Å². The maximum Gasteiger partial charge on any atom is 0.230 e. The highest BCUT2D eigenvalue weighted by Crippen LogP contribution is 2.35. The van der Waals surface area contributed by atoms with Gasteiger partial charge in [0.2, 0.25) is 18.1 Å². The number of thiophene rings is 1. The molecule has 0 spiro atoms. The van der Waals surface area contributed by atoms with Gasteiger partial charge >= 0.3 is 0 Å². The topological polar surface area (TPSA) is 117 Å². The minimum absolute atomic E-state index is 0.106. The van der Waals surface area contributed by atoms with E-state index in [1.54, 1.807) is 35.7 Å². The first-order valence-corrected chi connectivity index (χ1v) is 14.3. The largest absolute Gasteiger partial charge is 0.355 e. The molecule has 1 saturated heterocycles. The first-order valence-electron chi connectivity index (χ1n) is 13.4. The van der Waals surface area contributed by atoms with Crippen molar-refractivity contribution in [3.8, 4) is 22.6 Å². The van der Waals surface area contributed by atoms with Crippen molar-refractivity contribution in [2.45, 2.75) is 26.2 Å². The molecule has 1 aliphatic rings. The molecule has 1 aliphatic heterocycles. The summed E-state index contributed by atoms with van der Waals surface area (Å²) in [7, 11) is 4.00. The predicted octanol–water partition coefficient (Wildman–Crippen LogP) is 4.47. The zero-order valence-corrected chi connectivity index (χ0v) is 24.1. The quantitative estimate of drug-likeness (QED) is 0.223. The average Bonchev–Trinajstić information content (AvgIpc) is 3.66. The van der Waals surface area contributed by atoms with Crippen molar-refractivity contribution in [2.75, 3.05) is 45.7 Å². The molecule has 5 rings (SSSR count). The van der Waals surface area contributed by atoms with Gasteiger partial charge < -0.3 is 30.0 Å². The molecule has 1 amide bonds. The van der Waals surface area contributed by atoms with Crippen molar-refractivity contribution >= 4 is 23.2 Å². The Bertz CT molecular complexity index is 1440. The maximum absolute atomic E-state index is 13.7. The van der Waals surface area contributed by atoms with Gasteiger partial charge in [0, 0.05) is 23.2 Å². The second kappa shape index (κ2) is 12.9. The number of carbonyl (C=O) groups excluding carboxylic acids is 1. The van der Waals surface area contributed by atoms with Crippen molar-refractivity contribution in [3.63, 3.8) is 0 Å². The van der Waals surface area contributed by atoms with Gasteiger partial charge in [-0.3, -0.25) is 4.79 Å². The molecule has 3 N–H and O–H groups in total. The standard InChI is InChI=1S/C29H34FN7O3S/c1-29(27(38)31-12-5-14-37(2)3)17-39-26(40-18-29)25-35-23(19-7-9-20(30)10-8-19)24(36-25)22-11-13-32-28(34-22)33-16-21-6-4-15-41-21/h4,6-11,13,15,26H,5,12,14,16-18H2,1-3H3,(H,31,38)(H,35,36)(H,32,33,34). The van der Waals surface area contributed by atoms with E-state index in [1.807, 2.05) is 38.5 Å². The van der Waals surface area contributed by atoms with Gasteiger partial charge in [0.15, 0.2) is 5.82 Å². The number of aromatic nitrogens is 4. The van der Waals surface area contributed by atoms with Crippen LogP contribution in [0.15, 0.2) is 54.0 Å². The van der Waals surface area contributed by atoms with Crippen LogP contribution >= 0.6 is 11.3 Å². The third-order valence-electron chi connectivity index (χ3n) is 6.70. The molecule has 4 aromatic rings. The van der Waals surface area contributed by atoms with E-state index in [0.717, 1.165) is 17.8 Å². The molecule has 3 aromatic heterocycles. The molecule has 12 heteroatoms. The molecular weight excluding hydrogens is 545 g/mol. The Morgan fingerprint density at radius 1 is 1.17 bits per heavy atom. The van der Waals surface area contributed by atoms with Crippen LogP contribution in [-0.2, 0) is 20.8 Å². The van der Waals surface area contributed by atoms with Gasteiger partial charge in [-0.1, -0.05) is 6.07 Å². The Morgan fingerprint density at radius 3 is 2.66 bits per heavy atom. The molecular formula is C29H34FN7O3S. The summed E-state index contributed by atoms with van der Waals surface area (Å²) in [6.07, 6.45) is 1.72. The lowest BCUT2D eigenvalue weighted by Gasteiger charge is -2.35. The van der Waals surface area contributed by atoms with E-state index in [-0.39, 0.29) is 24.9 Å². The summed E-state index contributed by atoms with van der Waals surface area (Å²) >= 11 is 1.65. The lowest BCUT2D eigenvalue weighted by molar-refractivity contribution is -0.231. The monoisotopic (exact) mass is 579 g/mol. The minimum atomic E-state index is -0.820. The lowest BCUT2D eigenvalue weighted by Crippen LogP contribution is -2.49. The summed E-state index contributed by atoms with van der Waals surface area (Å²) < 4.78 is 25.8. The fourth-order valence-electron chi connectivity index (χ4n) is 4.38. The number of benzene rings is 1. The Kier molecular flexibility index (Phi) is 9.03. The van der Waals surface area contributed by atoms with E-state index in [1.165, 1.54) is 12.1 Å². The number of aromatic amines is 1. The number of anilines is 1. The molecule has 1 fully saturated rings. The van der Waals surface area contributed by atoms with Gasteiger partial charge in [-0.2, -0.15) is 0 Å². The average molecular weight is 580 g/mol. The van der Waals surface area contributed by atoms with Crippen molar-refractivity contribution in [1.29, 1.82) is 0 Å². The second-order valence-electron chi connectivity index (χ2n) is 10.5. The number of carbonyl (C=O) groups is 1. The number of rotatable bonds is 11. The SMILES string of the molecule is CN(C)CCCNC(=O)C1(C)COC(c2nc(-c3ccc(F)cc3)c(-c3ccnc(NCc4cccs4)n3)[nH]2)OC1. The van der Waals surface area contributed by atoms with Crippen molar-refractivity contribution < 1.29 is 18.7 Å². The van der Waals surface area contributed by atoms with Crippen molar-refractivity contribution in [1.82, 2.24) is 30.2 Å². The van der Waals surface area contributed by atoms with E-state index in [4.69, 9.17) is 19.4 Å². The summed E-state index contributed by atoms with van der Waals surface area (Å²) in [6.45, 7) is 4.25. The fraction of sp³-hybridized carbons (Fsp3) is 0.379. The van der Waals surface area contributed by atoms with Gasteiger partial charge in [0.25, 0.3) is 0 Å². The highest BCUT2D eigenvalue weighted by atomic mass is 32.1. The summed E-state index contributed by atoms with van der Waals surface area (Å²) in [4.78, 5) is 33.2. The van der Waals surface area contributed by atoms with Crippen LogP contribution in [0.25, 0.3) is 22.6 Å². The van der Waals surface area contributed by atoms with Crippen LogP contribution in [0.1, 0.15) is 30.3 Å². The molecule has 0 saturated carbocycles. The van der Waals surface area contributed by atoms with Crippen LogP contribution in [-0.4, -0.2) is 71.1 Å². The number of halogens is 1. The molecule has 4 heterocycles. The van der Waals surface area contributed by atoms with Crippen LogP contribution in [0.3, 0.4) is 0 Å². The molecule has 0 radical (unpaired) electrons. The van der Waals surface area contributed by atoms with Gasteiger partial charge in [0.05, 0.1) is 42.3 Å². The number of amides is 1. The second-order valence-corrected chi connectivity index (χ2v) is 11.5. The number of nitrogens with zero attached hydrogens (tertiary/aromatic N) is 4. The zero-order valence-electron chi connectivity index (χ0n) is 23.3. The molecule has 1 aromatic carbocycles. The van der Waals surface area contributed by atoms with Crippen molar-refractivity contribution in [2.24, 2.45) is 5.41 Å². The fourth-order valence-corrected chi connectivity index (χ4v) is 5.02. The van der Waals surface area contributed by atoms with Gasteiger partial charge in [-0.05, 0) is 75.8 Å². The molecule has 0 unspecified atom stereocenters. The molecule has 0 atom stereocenters. The Hall–Kier alpha value is -3.71. The van der Waals surface area contributed by atoms with Crippen LogP contribution in [0, 0.1) is 11.2 Å². The third-order valence-corrected chi connectivity index (χ3v) is 7.57. The predicted molar refractivity (Wildman–Crippen MR) is 156 cm³/mol. The highest BCUT2D eigenvalue weighted by Gasteiger charge is 2.40. The minimum Gasteiger partial charge on any atom is -0.355 e. The number of H-pyrrole nitrogens is 1. The summed E-state index contributed by atoms with van der Waals surface area (Å²) in [5.41, 5.74) is 1.67. The van der Waals surface area contributed by atoms with E-state index >= 15 is 0 Å². The highest BCUT2D eigenvalue weighted by molar-refractivity contribution is 7.09. The smallest absolute Gasteiger partial charge is 0.230 e. The van der Waals surface area contributed by atoms with Crippen LogP contribution < -0.4 is 10.6 Å². The zero-order chi connectivity index (χ0) is 28.8. The third kappa shape index (κ3) is 7.14. The number of imidazole rings is 1. The molecule has 216 valence electrons. The number of nitrogens with one attached hydrogen (secondary N) is 3. The summed E-state index contributed by atoms with van der Waals surface area (Å²) in [5.74, 6) is 0.450. The number of hydrogen-bond acceptors (Lipinski definition) is 9. The lowest BCUT2D eigenvalue weighted by atomic mass is 9.91. The van der Waals surface area contributed by atoms with Crippen LogP contribution in [0.5, 0.6) is 0 Å². The van der Waals surface area contributed by atoms with Crippen molar-refractivity contribution in [3.05, 3.63) is 70.6 Å². The number of ether oxygens (including phenoxy) is 2. The Balaban J connectivity index is 1.34. The molecule has 10 nitrogen and oxygen atoms in total. The number of hydrogen-bond donors (Lipinski definition) is 3. The van der Waals surface area contributed by atoms with E-state index in [2.05, 4.69) is 25.5 Å². The van der Waals surface area contributed by atoms with Gasteiger partial charge in [-0.15, -0.1) is 11.3 Å². The maximum atomic E-state index is 13.7. The molecule has 0 bridgehead atoms.